The van der Waals surface area contributed by atoms with Crippen LogP contribution in [-0.4, -0.2) is 169 Å². The number of halogens is 4. The molecule has 1 amide bonds. The Morgan fingerprint density at radius 1 is 0.757 bits per heavy atom. The van der Waals surface area contributed by atoms with Crippen molar-refractivity contribution in [2.24, 2.45) is 0 Å². The third-order valence-corrected chi connectivity index (χ3v) is 11.8. The summed E-state index contributed by atoms with van der Waals surface area (Å²) in [6, 6.07) is 7.77. The van der Waals surface area contributed by atoms with Crippen molar-refractivity contribution in [1.29, 1.82) is 0 Å². The lowest BCUT2D eigenvalue weighted by Crippen LogP contribution is -2.45. The van der Waals surface area contributed by atoms with Crippen LogP contribution in [0.15, 0.2) is 82.8 Å². The summed E-state index contributed by atoms with van der Waals surface area (Å²) in [7, 11) is -1.00. The summed E-state index contributed by atoms with van der Waals surface area (Å²) in [6.45, 7) is 10.1. The van der Waals surface area contributed by atoms with Crippen molar-refractivity contribution in [3.8, 4) is 0 Å². The van der Waals surface area contributed by atoms with Crippen molar-refractivity contribution in [2.75, 3.05) is 85.9 Å². The molecule has 0 spiro atoms. The molecule has 0 unspecified atom stereocenters. The van der Waals surface area contributed by atoms with Crippen molar-refractivity contribution in [1.82, 2.24) is 53.9 Å². The predicted molar refractivity (Wildman–Crippen MR) is 269 cm³/mol. The second-order valence-corrected chi connectivity index (χ2v) is 16.5. The lowest BCUT2D eigenvalue weighted by atomic mass is 9.95. The maximum Gasteiger partial charge on any atom is 0.446 e. The Morgan fingerprint density at radius 2 is 1.24 bits per heavy atom. The number of aldehydes is 1. The Morgan fingerprint density at radius 3 is 1.65 bits per heavy atom. The summed E-state index contributed by atoms with van der Waals surface area (Å²) < 4.78 is 78.1. The van der Waals surface area contributed by atoms with Crippen LogP contribution in [0.2, 0.25) is 0 Å². The zero-order valence-electron chi connectivity index (χ0n) is 43.0. The Kier molecular flexibility index (Phi) is 24.3. The van der Waals surface area contributed by atoms with E-state index in [9.17, 15) is 27.2 Å². The second kappa shape index (κ2) is 31.8. The predicted octanol–water partition coefficient (Wildman–Crippen LogP) is 7.31. The number of aromatic nitrogens is 8. The molecule has 0 saturated carbocycles. The van der Waals surface area contributed by atoms with E-state index in [0.717, 1.165) is 117 Å². The molecule has 2 saturated heterocycles. The molecule has 4 aliphatic rings. The van der Waals surface area contributed by atoms with E-state index in [2.05, 4.69) is 47.4 Å². The van der Waals surface area contributed by atoms with Crippen LogP contribution in [0.1, 0.15) is 90.4 Å². The minimum Gasteiger partial charge on any atom is -0.480 e. The summed E-state index contributed by atoms with van der Waals surface area (Å²) in [5.74, 6) is 3.19. The second-order valence-electron chi connectivity index (χ2n) is 16.5. The fourth-order valence-electron chi connectivity index (χ4n) is 8.16. The SMILES string of the molecule is C.C1=C(c2cnc(CCc3ccco3)n3cnnc23)CCCC1.O=C(CN1CCOCC1)N1CC=C(c2cnc(CCc3ccco3)n3cnnc23)CC1.O=C(O)CN1CCOCC1.O=CC(F)(F)F.[2H]CC.[2H]CF. The normalized spacial score (nSPS) is 16.2. The average Bonchev–Trinajstić information content (AvgIpc) is 4.29. The number of fused-ring (bicyclic) bond motifs is 2. The molecule has 19 nitrogen and oxygen atoms in total. The lowest BCUT2D eigenvalue weighted by Gasteiger charge is -2.31. The molecule has 10 rings (SSSR count). The van der Waals surface area contributed by atoms with Gasteiger partial charge >= 0.3 is 12.1 Å². The van der Waals surface area contributed by atoms with Crippen molar-refractivity contribution in [3.63, 3.8) is 0 Å². The Hall–Kier alpha value is -6.69. The van der Waals surface area contributed by atoms with Gasteiger partial charge in [0.25, 0.3) is 0 Å². The lowest BCUT2D eigenvalue weighted by molar-refractivity contribution is -0.156. The molecule has 2 fully saturated rings. The number of aryl methyl sites for hydroxylation is 4. The molecule has 0 radical (unpaired) electrons. The first kappa shape index (κ1) is 56.6. The minimum atomic E-state index is -4.64. The average molecular weight is 1040 g/mol. The first-order valence-electron chi connectivity index (χ1n) is 25.3. The van der Waals surface area contributed by atoms with E-state index in [1.54, 1.807) is 32.1 Å². The highest BCUT2D eigenvalue weighted by atomic mass is 19.4. The highest BCUT2D eigenvalue weighted by Gasteiger charge is 2.25. The number of amides is 1. The Labute approximate surface area is 431 Å². The molecule has 6 aromatic rings. The van der Waals surface area contributed by atoms with Gasteiger partial charge in [0.1, 0.15) is 35.8 Å². The monoisotopic (exact) mass is 1040 g/mol. The topological polar surface area (TPSA) is 212 Å². The quantitative estimate of drug-likeness (QED) is 0.0940. The number of alkyl halides is 4. The molecule has 0 aromatic carbocycles. The van der Waals surface area contributed by atoms with Gasteiger partial charge in [0.15, 0.2) is 11.3 Å². The van der Waals surface area contributed by atoms with Crippen molar-refractivity contribution in [2.45, 2.75) is 85.2 Å². The number of morpholine rings is 2. The van der Waals surface area contributed by atoms with Crippen molar-refractivity contribution in [3.05, 3.63) is 108 Å². The van der Waals surface area contributed by atoms with E-state index in [1.165, 1.54) is 24.0 Å². The number of nitrogens with zero attached hydrogens (tertiary/aromatic N) is 11. The van der Waals surface area contributed by atoms with Crippen molar-refractivity contribution >= 4 is 40.6 Å². The van der Waals surface area contributed by atoms with Gasteiger partial charge in [-0.05, 0) is 67.5 Å². The Balaban J connectivity index is 0.000000240. The van der Waals surface area contributed by atoms with Gasteiger partial charge < -0.3 is 28.3 Å². The van der Waals surface area contributed by atoms with Crippen molar-refractivity contribution < 1.29 is 58.1 Å². The number of rotatable bonds is 12. The Bertz CT molecular complexity index is 2670. The fraction of sp³-hybridized carbons (Fsp3) is 0.510. The number of ether oxygens (including phenoxy) is 2. The molecule has 9 heterocycles. The molecule has 0 atom stereocenters. The minimum absolute atomic E-state index is 0. The number of allylic oxidation sites excluding steroid dienone is 2. The third kappa shape index (κ3) is 18.7. The summed E-state index contributed by atoms with van der Waals surface area (Å²) in [6.07, 6.45) is 18.1. The number of carboxylic acid groups (broad SMARTS) is 1. The molecule has 74 heavy (non-hydrogen) atoms. The van der Waals surface area contributed by atoms with Crippen LogP contribution < -0.4 is 0 Å². The van der Waals surface area contributed by atoms with E-state index < -0.39 is 25.6 Å². The molecular formula is C51H69F4N11O8. The number of carbonyl (C=O) groups excluding carboxylic acids is 2. The van der Waals surface area contributed by atoms with Crippen LogP contribution in [-0.2, 0) is 49.5 Å². The zero-order chi connectivity index (χ0) is 53.8. The van der Waals surface area contributed by atoms with Gasteiger partial charge in [-0.3, -0.25) is 37.4 Å². The molecular weight excluding hydrogens is 971 g/mol. The van der Waals surface area contributed by atoms with E-state index >= 15 is 0 Å². The van der Waals surface area contributed by atoms with Crippen LogP contribution in [0.5, 0.6) is 0 Å². The van der Waals surface area contributed by atoms with Crippen LogP contribution in [0.3, 0.4) is 0 Å². The molecule has 1 N–H and O–H groups in total. The largest absolute Gasteiger partial charge is 0.480 e. The van der Waals surface area contributed by atoms with E-state index in [0.29, 0.717) is 53.0 Å². The van der Waals surface area contributed by atoms with Crippen LogP contribution in [0, 0.1) is 0 Å². The number of hydrogen-bond donors (Lipinski definition) is 1. The fourth-order valence-corrected chi connectivity index (χ4v) is 8.16. The first-order valence-corrected chi connectivity index (χ1v) is 23.9. The highest BCUT2D eigenvalue weighted by Crippen LogP contribution is 2.29. The summed E-state index contributed by atoms with van der Waals surface area (Å²) in [5, 5.41) is 25.2. The number of hydrogen-bond acceptors (Lipinski definition) is 15. The number of aliphatic carboxylic acids is 1. The molecule has 0 bridgehead atoms. The maximum atomic E-state index is 12.7. The highest BCUT2D eigenvalue weighted by molar-refractivity contribution is 5.81. The van der Waals surface area contributed by atoms with Gasteiger partial charge in [-0.1, -0.05) is 33.4 Å². The molecule has 6 aromatic heterocycles. The summed E-state index contributed by atoms with van der Waals surface area (Å²) in [5.41, 5.74) is 6.35. The van der Waals surface area contributed by atoms with Gasteiger partial charge in [0, 0.05) is 89.8 Å². The van der Waals surface area contributed by atoms with E-state index in [1.807, 2.05) is 55.3 Å². The van der Waals surface area contributed by atoms with E-state index in [-0.39, 0.29) is 19.9 Å². The van der Waals surface area contributed by atoms with Gasteiger partial charge in [0.05, 0.1) is 60.6 Å². The van der Waals surface area contributed by atoms with Gasteiger partial charge in [-0.2, -0.15) is 13.2 Å². The maximum absolute atomic E-state index is 12.7. The smallest absolute Gasteiger partial charge is 0.446 e. The zero-order valence-corrected chi connectivity index (χ0v) is 41.0. The number of furan rings is 2. The third-order valence-electron chi connectivity index (χ3n) is 11.8. The number of carbonyl (C=O) groups is 3. The standard InChI is InChI=1S/C22H26N6O3.C17H18N4O.C6H11NO3.C2HF3O.C2H6.CH3F.CH4/c29-21(15-26-9-12-30-13-10-26)27-7-5-17(6-8-27)19-14-23-20(28-16-24-25-22(19)28)4-3-18-2-1-11-31-18;1-2-5-13(6-3-1)15-11-18-16(21-12-19-20-17(15)21)9-8-14-7-4-10-22-14;8-6(9)5-7-1-3-10-4-2-7;3-2(4,5)1-6;2*1-2;/h1-2,5,11,14,16H,3-4,6-10,12-13,15H2;4-5,7,10-12H,1-3,6,8-9H2;1-5H2,(H,8,9);1H;1-2H3;1H3;1H4/i;;;;2*1D;. The summed E-state index contributed by atoms with van der Waals surface area (Å²) in [4.78, 5) is 46.8. The first-order chi connectivity index (χ1) is 36.4. The number of carboxylic acids is 1. The van der Waals surface area contributed by atoms with Gasteiger partial charge in [-0.15, -0.1) is 20.4 Å². The molecule has 404 valence electrons. The summed E-state index contributed by atoms with van der Waals surface area (Å²) >= 11 is 0. The van der Waals surface area contributed by atoms with Crippen LogP contribution in [0.4, 0.5) is 17.6 Å². The van der Waals surface area contributed by atoms with Crippen LogP contribution in [0.25, 0.3) is 22.4 Å². The van der Waals surface area contributed by atoms with Crippen LogP contribution >= 0.6 is 0 Å². The molecule has 1 aliphatic carbocycles. The van der Waals surface area contributed by atoms with Gasteiger partial charge in [-0.25, -0.2) is 9.97 Å². The molecule has 3 aliphatic heterocycles. The molecule has 23 heteroatoms. The van der Waals surface area contributed by atoms with Gasteiger partial charge in [0.2, 0.25) is 12.2 Å². The van der Waals surface area contributed by atoms with E-state index in [4.69, 9.17) is 31.0 Å².